The molecule has 1 aliphatic heterocycles. The first-order valence-electron chi connectivity index (χ1n) is 5.70. The Morgan fingerprint density at radius 2 is 2.29 bits per heavy atom. The minimum Gasteiger partial charge on any atom is -0.336 e. The molecule has 1 saturated heterocycles. The highest BCUT2D eigenvalue weighted by Crippen LogP contribution is 2.05. The second-order valence-corrected chi connectivity index (χ2v) is 3.94. The fraction of sp³-hybridized carbons (Fsp3) is 0.545. The highest BCUT2D eigenvalue weighted by molar-refractivity contribution is 5.93. The first-order chi connectivity index (χ1) is 8.31. The highest BCUT2D eigenvalue weighted by Gasteiger charge is 2.18. The van der Waals surface area contributed by atoms with Gasteiger partial charge in [0.15, 0.2) is 0 Å². The molecule has 90 valence electrons. The molecular formula is C11H15N5O. The summed E-state index contributed by atoms with van der Waals surface area (Å²) in [5.74, 6) is 0.0229. The summed E-state index contributed by atoms with van der Waals surface area (Å²) < 4.78 is 1.64. The molecule has 0 spiro atoms. The van der Waals surface area contributed by atoms with Gasteiger partial charge in [-0.3, -0.25) is 9.48 Å². The maximum absolute atomic E-state index is 12.1. The number of hydrogen-bond donors (Lipinski definition) is 1. The lowest BCUT2D eigenvalue weighted by atomic mass is 10.2. The molecule has 0 aromatic carbocycles. The standard InChI is InChI=1S/C11H15N5O/c12-2-1-5-16-9-10(8-14-16)11(17)15-6-3-13-4-7-15/h8-9,13H,1,3-7H2. The van der Waals surface area contributed by atoms with Crippen LogP contribution in [0.5, 0.6) is 0 Å². The topological polar surface area (TPSA) is 74.0 Å². The Bertz CT molecular complexity index is 427. The van der Waals surface area contributed by atoms with E-state index >= 15 is 0 Å². The molecule has 1 fully saturated rings. The van der Waals surface area contributed by atoms with Crippen molar-refractivity contribution in [3.05, 3.63) is 18.0 Å². The molecule has 1 amide bonds. The average Bonchev–Trinajstić information content (AvgIpc) is 2.85. The lowest BCUT2D eigenvalue weighted by Gasteiger charge is -2.26. The molecule has 0 saturated carbocycles. The monoisotopic (exact) mass is 233 g/mol. The number of aryl methyl sites for hydroxylation is 1. The lowest BCUT2D eigenvalue weighted by molar-refractivity contribution is 0.0735. The van der Waals surface area contributed by atoms with Crippen molar-refractivity contribution in [3.8, 4) is 6.07 Å². The molecule has 0 bridgehead atoms. The SMILES string of the molecule is N#CCCn1cc(C(=O)N2CCNCC2)cn1. The Balaban J connectivity index is 1.99. The van der Waals surface area contributed by atoms with Crippen LogP contribution < -0.4 is 5.32 Å². The summed E-state index contributed by atoms with van der Waals surface area (Å²) in [4.78, 5) is 13.9. The van der Waals surface area contributed by atoms with Crippen molar-refractivity contribution in [2.75, 3.05) is 26.2 Å². The van der Waals surface area contributed by atoms with Crippen LogP contribution in [0.2, 0.25) is 0 Å². The Morgan fingerprint density at radius 3 is 3.00 bits per heavy atom. The first kappa shape index (κ1) is 11.6. The molecule has 0 unspecified atom stereocenters. The van der Waals surface area contributed by atoms with Crippen LogP contribution in [0.25, 0.3) is 0 Å². The van der Waals surface area contributed by atoms with E-state index in [1.54, 1.807) is 17.1 Å². The van der Waals surface area contributed by atoms with Crippen molar-refractivity contribution in [1.82, 2.24) is 20.0 Å². The zero-order valence-electron chi connectivity index (χ0n) is 9.59. The van der Waals surface area contributed by atoms with Crippen molar-refractivity contribution in [1.29, 1.82) is 5.26 Å². The number of rotatable bonds is 3. The predicted octanol–water partition coefficient (Wildman–Crippen LogP) is -0.158. The molecular weight excluding hydrogens is 218 g/mol. The van der Waals surface area contributed by atoms with Gasteiger partial charge in [-0.25, -0.2) is 0 Å². The van der Waals surface area contributed by atoms with E-state index in [2.05, 4.69) is 16.5 Å². The van der Waals surface area contributed by atoms with E-state index < -0.39 is 0 Å². The van der Waals surface area contributed by atoms with Crippen LogP contribution in [0.1, 0.15) is 16.8 Å². The van der Waals surface area contributed by atoms with Crippen molar-refractivity contribution in [2.24, 2.45) is 0 Å². The van der Waals surface area contributed by atoms with Crippen molar-refractivity contribution in [2.45, 2.75) is 13.0 Å². The summed E-state index contributed by atoms with van der Waals surface area (Å²) in [6.45, 7) is 3.69. The summed E-state index contributed by atoms with van der Waals surface area (Å²) in [6.07, 6.45) is 3.69. The van der Waals surface area contributed by atoms with Crippen molar-refractivity contribution >= 4 is 5.91 Å². The van der Waals surface area contributed by atoms with Crippen LogP contribution >= 0.6 is 0 Å². The van der Waals surface area contributed by atoms with Gasteiger partial charge in [0, 0.05) is 32.4 Å². The smallest absolute Gasteiger partial charge is 0.257 e. The summed E-state index contributed by atoms with van der Waals surface area (Å²) in [7, 11) is 0. The van der Waals surface area contributed by atoms with Crippen LogP contribution in [-0.2, 0) is 6.54 Å². The van der Waals surface area contributed by atoms with Gasteiger partial charge in [-0.05, 0) is 0 Å². The maximum atomic E-state index is 12.1. The van der Waals surface area contributed by atoms with Gasteiger partial charge >= 0.3 is 0 Å². The Morgan fingerprint density at radius 1 is 1.53 bits per heavy atom. The molecule has 6 nitrogen and oxygen atoms in total. The van der Waals surface area contributed by atoms with Gasteiger partial charge in [-0.2, -0.15) is 10.4 Å². The van der Waals surface area contributed by atoms with Crippen LogP contribution in [0, 0.1) is 11.3 Å². The molecule has 2 heterocycles. The van der Waals surface area contributed by atoms with Crippen LogP contribution in [-0.4, -0.2) is 46.8 Å². The van der Waals surface area contributed by atoms with E-state index in [9.17, 15) is 4.79 Å². The number of hydrogen-bond acceptors (Lipinski definition) is 4. The average molecular weight is 233 g/mol. The van der Waals surface area contributed by atoms with E-state index in [-0.39, 0.29) is 5.91 Å². The Kier molecular flexibility index (Phi) is 3.73. The number of amides is 1. The molecule has 17 heavy (non-hydrogen) atoms. The van der Waals surface area contributed by atoms with Crippen LogP contribution in [0.4, 0.5) is 0 Å². The minimum atomic E-state index is 0.0229. The van der Waals surface area contributed by atoms with Gasteiger partial charge in [0.25, 0.3) is 5.91 Å². The normalized spacial score (nSPS) is 15.6. The third-order valence-electron chi connectivity index (χ3n) is 2.74. The minimum absolute atomic E-state index is 0.0229. The number of aromatic nitrogens is 2. The zero-order chi connectivity index (χ0) is 12.1. The molecule has 0 atom stereocenters. The fourth-order valence-electron chi connectivity index (χ4n) is 1.81. The molecule has 2 rings (SSSR count). The number of nitriles is 1. The lowest BCUT2D eigenvalue weighted by Crippen LogP contribution is -2.46. The number of nitrogens with zero attached hydrogens (tertiary/aromatic N) is 4. The van der Waals surface area contributed by atoms with Gasteiger partial charge in [-0.15, -0.1) is 0 Å². The zero-order valence-corrected chi connectivity index (χ0v) is 9.59. The fourth-order valence-corrected chi connectivity index (χ4v) is 1.81. The van der Waals surface area contributed by atoms with Gasteiger partial charge in [-0.1, -0.05) is 0 Å². The highest BCUT2D eigenvalue weighted by atomic mass is 16.2. The third-order valence-corrected chi connectivity index (χ3v) is 2.74. The van der Waals surface area contributed by atoms with Crippen molar-refractivity contribution < 1.29 is 4.79 Å². The van der Waals surface area contributed by atoms with Gasteiger partial charge in [0.1, 0.15) is 0 Å². The maximum Gasteiger partial charge on any atom is 0.257 e. The second kappa shape index (κ2) is 5.46. The van der Waals surface area contributed by atoms with Gasteiger partial charge in [0.2, 0.25) is 0 Å². The molecule has 1 N–H and O–H groups in total. The molecule has 1 aromatic heterocycles. The van der Waals surface area contributed by atoms with E-state index in [4.69, 9.17) is 5.26 Å². The Labute approximate surface area is 99.8 Å². The number of carbonyl (C=O) groups excluding carboxylic acids is 1. The summed E-state index contributed by atoms with van der Waals surface area (Å²) in [5.41, 5.74) is 0.602. The van der Waals surface area contributed by atoms with E-state index in [1.807, 2.05) is 4.90 Å². The molecule has 0 aliphatic carbocycles. The predicted molar refractivity (Wildman–Crippen MR) is 61.2 cm³/mol. The molecule has 1 aromatic rings. The summed E-state index contributed by atoms with van der Waals surface area (Å²) in [6, 6.07) is 2.05. The number of piperazine rings is 1. The first-order valence-corrected chi connectivity index (χ1v) is 5.70. The van der Waals surface area contributed by atoms with Gasteiger partial charge in [0.05, 0.1) is 30.8 Å². The third kappa shape index (κ3) is 2.82. The van der Waals surface area contributed by atoms with Crippen LogP contribution in [0.15, 0.2) is 12.4 Å². The number of nitrogens with one attached hydrogen (secondary N) is 1. The molecule has 6 heteroatoms. The van der Waals surface area contributed by atoms with Crippen molar-refractivity contribution in [3.63, 3.8) is 0 Å². The summed E-state index contributed by atoms with van der Waals surface area (Å²) >= 11 is 0. The summed E-state index contributed by atoms with van der Waals surface area (Å²) in [5, 5.41) is 15.7. The van der Waals surface area contributed by atoms with Crippen LogP contribution in [0.3, 0.4) is 0 Å². The number of carbonyl (C=O) groups is 1. The van der Waals surface area contributed by atoms with E-state index in [1.165, 1.54) is 0 Å². The second-order valence-electron chi connectivity index (χ2n) is 3.94. The van der Waals surface area contributed by atoms with E-state index in [0.29, 0.717) is 18.5 Å². The molecule has 0 radical (unpaired) electrons. The Hall–Kier alpha value is -1.87. The largest absolute Gasteiger partial charge is 0.336 e. The quantitative estimate of drug-likeness (QED) is 0.787. The van der Waals surface area contributed by atoms with E-state index in [0.717, 1.165) is 26.2 Å². The van der Waals surface area contributed by atoms with Gasteiger partial charge < -0.3 is 10.2 Å². The molecule has 1 aliphatic rings.